The lowest BCUT2D eigenvalue weighted by atomic mass is 10.0. The minimum absolute atomic E-state index is 0.215. The van der Waals surface area contributed by atoms with Crippen LogP contribution >= 0.6 is 11.6 Å². The van der Waals surface area contributed by atoms with Crippen molar-refractivity contribution in [3.63, 3.8) is 0 Å². The zero-order chi connectivity index (χ0) is 17.6. The third kappa shape index (κ3) is 4.67. The van der Waals surface area contributed by atoms with Gasteiger partial charge in [0.25, 0.3) is 0 Å². The maximum Gasteiger partial charge on any atom is 0.319 e. The zero-order valence-electron chi connectivity index (χ0n) is 14.5. The first-order valence-corrected chi connectivity index (χ1v) is 9.15. The van der Waals surface area contributed by atoms with Crippen LogP contribution in [0.5, 0.6) is 0 Å². The molecule has 1 aliphatic rings. The highest BCUT2D eigenvalue weighted by atomic mass is 35.5. The first-order chi connectivity index (χ1) is 12.1. The lowest BCUT2D eigenvalue weighted by Crippen LogP contribution is -2.31. The Morgan fingerprint density at radius 1 is 1.16 bits per heavy atom. The second-order valence-electron chi connectivity index (χ2n) is 6.51. The van der Waals surface area contributed by atoms with Crippen LogP contribution in [0, 0.1) is 0 Å². The number of carbonyl (C=O) groups is 1. The van der Waals surface area contributed by atoms with Crippen LogP contribution in [0.3, 0.4) is 0 Å². The van der Waals surface area contributed by atoms with Gasteiger partial charge in [-0.3, -0.25) is 0 Å². The lowest BCUT2D eigenvalue weighted by Gasteiger charge is -2.20. The monoisotopic (exact) mass is 357 g/mol. The summed E-state index contributed by atoms with van der Waals surface area (Å²) in [6, 6.07) is 15.6. The second-order valence-corrected chi connectivity index (χ2v) is 6.91. The molecular weight excluding hydrogens is 334 g/mol. The van der Waals surface area contributed by atoms with Gasteiger partial charge in [0, 0.05) is 25.3 Å². The van der Waals surface area contributed by atoms with E-state index in [0.29, 0.717) is 17.3 Å². The molecule has 0 aromatic heterocycles. The van der Waals surface area contributed by atoms with Gasteiger partial charge in [-0.1, -0.05) is 48.9 Å². The summed E-state index contributed by atoms with van der Waals surface area (Å²) in [5, 5.41) is 6.45. The van der Waals surface area contributed by atoms with Gasteiger partial charge in [0.15, 0.2) is 0 Å². The summed E-state index contributed by atoms with van der Waals surface area (Å²) in [6.07, 6.45) is 2.41. The summed E-state index contributed by atoms with van der Waals surface area (Å²) in [5.41, 5.74) is 2.96. The van der Waals surface area contributed by atoms with Crippen molar-refractivity contribution in [1.82, 2.24) is 5.32 Å². The van der Waals surface area contributed by atoms with Crippen molar-refractivity contribution in [2.24, 2.45) is 0 Å². The molecule has 1 heterocycles. The van der Waals surface area contributed by atoms with Crippen molar-refractivity contribution in [2.45, 2.75) is 25.7 Å². The molecule has 2 N–H and O–H groups in total. The van der Waals surface area contributed by atoms with Crippen LogP contribution < -0.4 is 15.5 Å². The molecule has 0 saturated carbocycles. The van der Waals surface area contributed by atoms with Crippen molar-refractivity contribution in [2.75, 3.05) is 29.9 Å². The molecule has 0 aliphatic carbocycles. The molecule has 1 fully saturated rings. The molecular formula is C20H24ClN3O. The molecule has 1 saturated heterocycles. The smallest absolute Gasteiger partial charge is 0.319 e. The van der Waals surface area contributed by atoms with Crippen molar-refractivity contribution in [3.05, 3.63) is 59.1 Å². The van der Waals surface area contributed by atoms with Gasteiger partial charge < -0.3 is 15.5 Å². The van der Waals surface area contributed by atoms with Crippen LogP contribution in [0.1, 0.15) is 31.2 Å². The van der Waals surface area contributed by atoms with Gasteiger partial charge >= 0.3 is 6.03 Å². The number of urea groups is 1. The lowest BCUT2D eigenvalue weighted by molar-refractivity contribution is 0.251. The Kier molecular flexibility index (Phi) is 5.82. The van der Waals surface area contributed by atoms with E-state index < -0.39 is 0 Å². The van der Waals surface area contributed by atoms with Gasteiger partial charge in [-0.15, -0.1) is 0 Å². The summed E-state index contributed by atoms with van der Waals surface area (Å²) >= 11 is 6.39. The van der Waals surface area contributed by atoms with Crippen molar-refractivity contribution < 1.29 is 4.79 Å². The molecule has 132 valence electrons. The van der Waals surface area contributed by atoms with E-state index in [2.05, 4.69) is 34.6 Å². The molecule has 1 unspecified atom stereocenters. The summed E-state index contributed by atoms with van der Waals surface area (Å²) in [4.78, 5) is 14.4. The highest BCUT2D eigenvalue weighted by Gasteiger charge is 2.15. The van der Waals surface area contributed by atoms with Crippen LogP contribution in [0.4, 0.5) is 16.2 Å². The third-order valence-electron chi connectivity index (χ3n) is 4.59. The van der Waals surface area contributed by atoms with E-state index in [-0.39, 0.29) is 11.9 Å². The van der Waals surface area contributed by atoms with E-state index in [9.17, 15) is 4.79 Å². The van der Waals surface area contributed by atoms with Gasteiger partial charge in [-0.05, 0) is 42.5 Å². The minimum atomic E-state index is -0.215. The standard InChI is InChI=1S/C20H24ClN3O/c1-15(16-7-3-2-4-8-16)14-22-20(25)23-17-9-10-19(18(21)13-17)24-11-5-6-12-24/h2-4,7-10,13,15H,5-6,11-12,14H2,1H3,(H2,22,23,25). The summed E-state index contributed by atoms with van der Waals surface area (Å²) < 4.78 is 0. The van der Waals surface area contributed by atoms with Gasteiger partial charge in [-0.25, -0.2) is 4.79 Å². The topological polar surface area (TPSA) is 44.4 Å². The Morgan fingerprint density at radius 3 is 2.56 bits per heavy atom. The number of amides is 2. The van der Waals surface area contributed by atoms with E-state index >= 15 is 0 Å². The van der Waals surface area contributed by atoms with Crippen LogP contribution in [-0.4, -0.2) is 25.7 Å². The highest BCUT2D eigenvalue weighted by molar-refractivity contribution is 6.33. The van der Waals surface area contributed by atoms with Crippen LogP contribution in [0.2, 0.25) is 5.02 Å². The van der Waals surface area contributed by atoms with Crippen molar-refractivity contribution in [1.29, 1.82) is 0 Å². The Morgan fingerprint density at radius 2 is 1.88 bits per heavy atom. The van der Waals surface area contributed by atoms with E-state index in [4.69, 9.17) is 11.6 Å². The molecule has 1 atom stereocenters. The number of benzene rings is 2. The maximum atomic E-state index is 12.1. The fraction of sp³-hybridized carbons (Fsp3) is 0.350. The Balaban J connectivity index is 1.53. The fourth-order valence-corrected chi connectivity index (χ4v) is 3.42. The Hall–Kier alpha value is -2.20. The highest BCUT2D eigenvalue weighted by Crippen LogP contribution is 2.31. The number of nitrogens with zero attached hydrogens (tertiary/aromatic N) is 1. The molecule has 2 aromatic carbocycles. The quantitative estimate of drug-likeness (QED) is 0.802. The molecule has 4 nitrogen and oxygen atoms in total. The molecule has 2 amide bonds. The SMILES string of the molecule is CC(CNC(=O)Nc1ccc(N2CCCC2)c(Cl)c1)c1ccccc1. The van der Waals surface area contributed by atoms with Gasteiger partial charge in [-0.2, -0.15) is 0 Å². The van der Waals surface area contributed by atoms with Crippen molar-refractivity contribution >= 4 is 29.0 Å². The molecule has 0 bridgehead atoms. The zero-order valence-corrected chi connectivity index (χ0v) is 15.2. The predicted octanol–water partition coefficient (Wildman–Crippen LogP) is 4.87. The number of rotatable bonds is 5. The Labute approximate surface area is 154 Å². The van der Waals surface area contributed by atoms with Gasteiger partial charge in [0.05, 0.1) is 10.7 Å². The molecule has 0 spiro atoms. The number of carbonyl (C=O) groups excluding carboxylic acids is 1. The molecule has 2 aromatic rings. The van der Waals surface area contributed by atoms with Crippen molar-refractivity contribution in [3.8, 4) is 0 Å². The predicted molar refractivity (Wildman–Crippen MR) is 105 cm³/mol. The first-order valence-electron chi connectivity index (χ1n) is 8.78. The Bertz CT molecular complexity index is 714. The molecule has 3 rings (SSSR count). The average Bonchev–Trinajstić information content (AvgIpc) is 3.15. The summed E-state index contributed by atoms with van der Waals surface area (Å²) in [6.45, 7) is 4.77. The molecule has 0 radical (unpaired) electrons. The normalized spacial score (nSPS) is 15.0. The largest absolute Gasteiger partial charge is 0.370 e. The summed E-state index contributed by atoms with van der Waals surface area (Å²) in [7, 11) is 0. The van der Waals surface area contributed by atoms with E-state index in [1.54, 1.807) is 0 Å². The maximum absolute atomic E-state index is 12.1. The second kappa shape index (κ2) is 8.26. The minimum Gasteiger partial charge on any atom is -0.370 e. The van der Waals surface area contributed by atoms with Crippen LogP contribution in [0.25, 0.3) is 0 Å². The molecule has 25 heavy (non-hydrogen) atoms. The van der Waals surface area contributed by atoms with E-state index in [1.807, 2.05) is 36.4 Å². The molecule has 1 aliphatic heterocycles. The van der Waals surface area contributed by atoms with E-state index in [1.165, 1.54) is 18.4 Å². The fourth-order valence-electron chi connectivity index (χ4n) is 3.12. The van der Waals surface area contributed by atoms with Gasteiger partial charge in [0.1, 0.15) is 0 Å². The molecule has 5 heteroatoms. The first kappa shape index (κ1) is 17.6. The number of hydrogen-bond donors (Lipinski definition) is 2. The van der Waals surface area contributed by atoms with Crippen LogP contribution in [0.15, 0.2) is 48.5 Å². The number of halogens is 1. The third-order valence-corrected chi connectivity index (χ3v) is 4.89. The number of nitrogens with one attached hydrogen (secondary N) is 2. The van der Waals surface area contributed by atoms with E-state index in [0.717, 1.165) is 18.8 Å². The number of hydrogen-bond acceptors (Lipinski definition) is 2. The summed E-state index contributed by atoms with van der Waals surface area (Å²) in [5.74, 6) is 0.257. The average molecular weight is 358 g/mol. The van der Waals surface area contributed by atoms with Crippen LogP contribution in [-0.2, 0) is 0 Å². The number of anilines is 2. The van der Waals surface area contributed by atoms with Gasteiger partial charge in [0.2, 0.25) is 0 Å².